The number of aromatic amines is 1. The lowest BCUT2D eigenvalue weighted by molar-refractivity contribution is -0.117. The number of carbonyl (C=O) groups excluding carboxylic acids is 1. The fourth-order valence-corrected chi connectivity index (χ4v) is 4.02. The third-order valence-electron chi connectivity index (χ3n) is 5.69. The van der Waals surface area contributed by atoms with E-state index >= 15 is 0 Å². The van der Waals surface area contributed by atoms with E-state index in [1.165, 1.54) is 22.1 Å². The van der Waals surface area contributed by atoms with E-state index in [1.54, 1.807) is 0 Å². The first-order valence-electron chi connectivity index (χ1n) is 10.7. The van der Waals surface area contributed by atoms with Gasteiger partial charge in [0.05, 0.1) is 13.2 Å². The van der Waals surface area contributed by atoms with Gasteiger partial charge in [0.15, 0.2) is 5.69 Å². The molecule has 1 aliphatic rings. The van der Waals surface area contributed by atoms with Crippen LogP contribution >= 0.6 is 0 Å². The summed E-state index contributed by atoms with van der Waals surface area (Å²) in [5.74, 6) is -0.278. The number of H-pyrrole nitrogens is 1. The minimum atomic E-state index is -0.672. The van der Waals surface area contributed by atoms with E-state index in [9.17, 15) is 14.4 Å². The summed E-state index contributed by atoms with van der Waals surface area (Å²) in [4.78, 5) is 44.1. The van der Waals surface area contributed by atoms with Crippen molar-refractivity contribution in [2.24, 2.45) is 0 Å². The van der Waals surface area contributed by atoms with E-state index in [1.807, 2.05) is 30.0 Å². The first kappa shape index (κ1) is 22.6. The molecular weight excluding hydrogens is 398 g/mol. The lowest BCUT2D eigenvalue weighted by atomic mass is 10.1. The Labute approximate surface area is 181 Å². The number of nitrogen functional groups attached to an aromatic ring is 1. The molecule has 0 fully saturated rings. The van der Waals surface area contributed by atoms with Crippen LogP contribution in [0.4, 0.5) is 17.2 Å². The summed E-state index contributed by atoms with van der Waals surface area (Å²) in [7, 11) is 1.53. The van der Waals surface area contributed by atoms with Crippen molar-refractivity contribution in [3.63, 3.8) is 0 Å². The summed E-state index contributed by atoms with van der Waals surface area (Å²) in [6, 6.07) is 8.15. The number of hydrogen-bond acceptors (Lipinski definition) is 6. The summed E-state index contributed by atoms with van der Waals surface area (Å²) in [5.41, 5.74) is 7.21. The number of methoxy groups -OCH3 is 1. The van der Waals surface area contributed by atoms with E-state index in [-0.39, 0.29) is 43.2 Å². The number of nitrogens with one attached hydrogen (secondary N) is 1. The SMILES string of the molecule is CCCCn1c(N)c(N(CCOC)C(=O)CN2c3ccccc3C[C@H]2C)c(=O)[nH]c1=O. The van der Waals surface area contributed by atoms with Gasteiger partial charge in [-0.15, -0.1) is 0 Å². The van der Waals surface area contributed by atoms with Gasteiger partial charge < -0.3 is 20.3 Å². The van der Waals surface area contributed by atoms with E-state index in [4.69, 9.17) is 10.5 Å². The zero-order valence-electron chi connectivity index (χ0n) is 18.4. The Kier molecular flexibility index (Phi) is 7.17. The summed E-state index contributed by atoms with van der Waals surface area (Å²) in [6.45, 7) is 4.90. The average molecular weight is 430 g/mol. The maximum atomic E-state index is 13.4. The monoisotopic (exact) mass is 429 g/mol. The van der Waals surface area contributed by atoms with Gasteiger partial charge in [0.1, 0.15) is 5.82 Å². The molecule has 1 aromatic carbocycles. The van der Waals surface area contributed by atoms with E-state index in [0.29, 0.717) is 6.54 Å². The third-order valence-corrected chi connectivity index (χ3v) is 5.69. The molecule has 2 heterocycles. The molecule has 168 valence electrons. The van der Waals surface area contributed by atoms with Gasteiger partial charge in [-0.1, -0.05) is 31.5 Å². The molecule has 0 spiro atoms. The normalized spacial score (nSPS) is 15.2. The Balaban J connectivity index is 1.96. The molecule has 0 aliphatic carbocycles. The highest BCUT2D eigenvalue weighted by molar-refractivity contribution is 5.98. The summed E-state index contributed by atoms with van der Waals surface area (Å²) in [5, 5.41) is 0. The number of fused-ring (bicyclic) bond motifs is 1. The van der Waals surface area contributed by atoms with Crippen molar-refractivity contribution in [3.05, 3.63) is 50.7 Å². The third kappa shape index (κ3) is 4.66. The largest absolute Gasteiger partial charge is 0.383 e. The lowest BCUT2D eigenvalue weighted by Crippen LogP contribution is -2.47. The second kappa shape index (κ2) is 9.82. The smallest absolute Gasteiger partial charge is 0.330 e. The predicted molar refractivity (Wildman–Crippen MR) is 122 cm³/mol. The Morgan fingerprint density at radius 2 is 2.06 bits per heavy atom. The topological polar surface area (TPSA) is 114 Å². The van der Waals surface area contributed by atoms with Gasteiger partial charge in [-0.25, -0.2) is 4.79 Å². The molecule has 0 saturated carbocycles. The van der Waals surface area contributed by atoms with Crippen molar-refractivity contribution in [3.8, 4) is 0 Å². The van der Waals surface area contributed by atoms with Crippen LogP contribution in [0.3, 0.4) is 0 Å². The van der Waals surface area contributed by atoms with Gasteiger partial charge in [0, 0.05) is 31.9 Å². The van der Waals surface area contributed by atoms with Crippen LogP contribution in [0.5, 0.6) is 0 Å². The number of amides is 1. The van der Waals surface area contributed by atoms with Gasteiger partial charge in [-0.2, -0.15) is 0 Å². The maximum Gasteiger partial charge on any atom is 0.330 e. The van der Waals surface area contributed by atoms with Gasteiger partial charge in [0.2, 0.25) is 5.91 Å². The van der Waals surface area contributed by atoms with Crippen molar-refractivity contribution in [1.82, 2.24) is 9.55 Å². The molecule has 1 aliphatic heterocycles. The number of ether oxygens (including phenoxy) is 1. The highest BCUT2D eigenvalue weighted by Gasteiger charge is 2.31. The fourth-order valence-electron chi connectivity index (χ4n) is 4.02. The van der Waals surface area contributed by atoms with Crippen LogP contribution in [0.25, 0.3) is 0 Å². The highest BCUT2D eigenvalue weighted by Crippen LogP contribution is 2.31. The van der Waals surface area contributed by atoms with Crippen molar-refractivity contribution in [2.75, 3.05) is 42.3 Å². The van der Waals surface area contributed by atoms with Crippen molar-refractivity contribution >= 4 is 23.1 Å². The fraction of sp³-hybridized carbons (Fsp3) is 0.500. The summed E-state index contributed by atoms with van der Waals surface area (Å²) in [6.07, 6.45) is 2.44. The van der Waals surface area contributed by atoms with E-state index < -0.39 is 11.2 Å². The van der Waals surface area contributed by atoms with Crippen molar-refractivity contribution in [2.45, 2.75) is 45.7 Å². The first-order chi connectivity index (χ1) is 14.9. The minimum absolute atomic E-state index is 0.00141. The zero-order chi connectivity index (χ0) is 22.5. The Morgan fingerprint density at radius 1 is 1.32 bits per heavy atom. The van der Waals surface area contributed by atoms with E-state index in [2.05, 4.69) is 18.0 Å². The molecule has 0 saturated heterocycles. The summed E-state index contributed by atoms with van der Waals surface area (Å²) >= 11 is 0. The van der Waals surface area contributed by atoms with Gasteiger partial charge in [0.25, 0.3) is 5.56 Å². The summed E-state index contributed by atoms with van der Waals surface area (Å²) < 4.78 is 6.48. The number of para-hydroxylation sites is 1. The van der Waals surface area contributed by atoms with Crippen LogP contribution in [0.2, 0.25) is 0 Å². The molecule has 2 aromatic rings. The minimum Gasteiger partial charge on any atom is -0.383 e. The van der Waals surface area contributed by atoms with Gasteiger partial charge >= 0.3 is 5.69 Å². The number of nitrogens with two attached hydrogens (primary N) is 1. The Hall–Kier alpha value is -3.07. The van der Waals surface area contributed by atoms with Crippen molar-refractivity contribution in [1.29, 1.82) is 0 Å². The number of rotatable bonds is 9. The van der Waals surface area contributed by atoms with Crippen molar-refractivity contribution < 1.29 is 9.53 Å². The number of unbranched alkanes of at least 4 members (excludes halogenated alkanes) is 1. The molecule has 9 nitrogen and oxygen atoms in total. The average Bonchev–Trinajstić information content (AvgIpc) is 3.05. The molecule has 0 radical (unpaired) electrons. The Morgan fingerprint density at radius 3 is 2.77 bits per heavy atom. The quantitative estimate of drug-likeness (QED) is 0.622. The predicted octanol–water partition coefficient (Wildman–Crippen LogP) is 1.35. The molecule has 1 atom stereocenters. The number of carbonyl (C=O) groups is 1. The van der Waals surface area contributed by atoms with Crippen LogP contribution in [-0.2, 0) is 22.5 Å². The van der Waals surface area contributed by atoms with Crippen LogP contribution in [0.15, 0.2) is 33.9 Å². The molecule has 9 heteroatoms. The molecule has 1 aromatic heterocycles. The number of hydrogen-bond donors (Lipinski definition) is 2. The molecule has 3 N–H and O–H groups in total. The molecule has 0 unspecified atom stereocenters. The zero-order valence-corrected chi connectivity index (χ0v) is 18.4. The van der Waals surface area contributed by atoms with Gasteiger partial charge in [-0.05, 0) is 31.4 Å². The second-order valence-electron chi connectivity index (χ2n) is 7.85. The molecule has 3 rings (SSSR count). The standard InChI is InChI=1S/C22H31N5O4/c1-4-5-10-26-20(23)19(21(29)24-22(26)30)25(11-12-31-3)18(28)14-27-15(2)13-16-8-6-7-9-17(16)27/h6-9,15H,4-5,10-14,23H2,1-3H3,(H,24,29,30)/t15-/m1/s1. The van der Waals surface area contributed by atoms with Crippen LogP contribution in [-0.4, -0.2) is 48.3 Å². The highest BCUT2D eigenvalue weighted by atomic mass is 16.5. The van der Waals surface area contributed by atoms with Gasteiger partial charge in [-0.3, -0.25) is 19.1 Å². The molecule has 1 amide bonds. The van der Waals surface area contributed by atoms with Crippen LogP contribution in [0.1, 0.15) is 32.3 Å². The number of benzene rings is 1. The Bertz CT molecular complexity index is 1040. The van der Waals surface area contributed by atoms with E-state index in [0.717, 1.165) is 24.9 Å². The number of aromatic nitrogens is 2. The number of nitrogens with zero attached hydrogens (tertiary/aromatic N) is 3. The molecular formula is C22H31N5O4. The first-order valence-corrected chi connectivity index (χ1v) is 10.7. The molecule has 0 bridgehead atoms. The lowest BCUT2D eigenvalue weighted by Gasteiger charge is -2.29. The molecule has 31 heavy (non-hydrogen) atoms. The second-order valence-corrected chi connectivity index (χ2v) is 7.85. The number of anilines is 3. The maximum absolute atomic E-state index is 13.4. The van der Waals surface area contributed by atoms with Crippen LogP contribution in [0, 0.1) is 0 Å². The van der Waals surface area contributed by atoms with Crippen LogP contribution < -0.4 is 26.8 Å².